The van der Waals surface area contributed by atoms with Gasteiger partial charge in [-0.25, -0.2) is 13.2 Å². The molecule has 152 valence electrons. The monoisotopic (exact) mass is 393 g/mol. The Kier molecular flexibility index (Phi) is 7.85. The van der Waals surface area contributed by atoms with Crippen molar-refractivity contribution in [1.29, 1.82) is 0 Å². The Balaban J connectivity index is 2.61. The van der Waals surface area contributed by atoms with Crippen molar-refractivity contribution in [3.63, 3.8) is 0 Å². The lowest BCUT2D eigenvalue weighted by atomic mass is 10.2. The first kappa shape index (κ1) is 22.7. The van der Waals surface area contributed by atoms with Gasteiger partial charge in [0.2, 0.25) is 10.0 Å². The number of nitrogens with one attached hydrogen (secondary N) is 1. The summed E-state index contributed by atoms with van der Waals surface area (Å²) < 4.78 is 31.1. The Bertz CT molecular complexity index is 592. The van der Waals surface area contributed by atoms with E-state index in [4.69, 9.17) is 4.74 Å². The van der Waals surface area contributed by atoms with Gasteiger partial charge in [0.1, 0.15) is 11.6 Å². The highest BCUT2D eigenvalue weighted by Crippen LogP contribution is 2.13. The van der Waals surface area contributed by atoms with E-state index in [9.17, 15) is 23.1 Å². The Morgan fingerprint density at radius 3 is 2.12 bits per heavy atom. The van der Waals surface area contributed by atoms with Gasteiger partial charge in [-0.3, -0.25) is 9.69 Å². The summed E-state index contributed by atoms with van der Waals surface area (Å²) in [5.74, 6) is -0.961. The maximum atomic E-state index is 12.3. The number of nitrogens with zero attached hydrogens (tertiary/aromatic N) is 2. The van der Waals surface area contributed by atoms with Crippen LogP contribution in [0.3, 0.4) is 0 Å². The number of carbonyl (C=O) groups excluding carboxylic acids is 1. The van der Waals surface area contributed by atoms with Crippen LogP contribution in [0.1, 0.15) is 34.6 Å². The van der Waals surface area contributed by atoms with Crippen molar-refractivity contribution < 1.29 is 27.9 Å². The van der Waals surface area contributed by atoms with E-state index < -0.39 is 33.7 Å². The molecule has 9 nitrogen and oxygen atoms in total. The number of rotatable bonds is 7. The van der Waals surface area contributed by atoms with Gasteiger partial charge in [-0.05, 0) is 26.7 Å². The number of hydrogen-bond acceptors (Lipinski definition) is 6. The number of sulfonamides is 1. The van der Waals surface area contributed by atoms with E-state index in [1.54, 1.807) is 25.7 Å². The molecule has 0 aromatic rings. The molecule has 1 heterocycles. The van der Waals surface area contributed by atoms with E-state index in [-0.39, 0.29) is 31.3 Å². The van der Waals surface area contributed by atoms with Crippen LogP contribution in [-0.2, 0) is 19.6 Å². The second-order valence-corrected chi connectivity index (χ2v) is 9.86. The highest BCUT2D eigenvalue weighted by Gasteiger charge is 2.33. The molecule has 0 unspecified atom stereocenters. The zero-order valence-corrected chi connectivity index (χ0v) is 17.0. The summed E-state index contributed by atoms with van der Waals surface area (Å²) in [5, 5.41) is 11.9. The molecule has 1 aliphatic rings. The van der Waals surface area contributed by atoms with Gasteiger partial charge in [0.15, 0.2) is 0 Å². The van der Waals surface area contributed by atoms with Crippen LogP contribution in [0.5, 0.6) is 0 Å². The first-order chi connectivity index (χ1) is 11.8. The molecule has 0 saturated carbocycles. The number of ether oxygens (including phenoxy) is 1. The summed E-state index contributed by atoms with van der Waals surface area (Å²) in [6.07, 6.45) is -0.679. The standard InChI is InChI=1S/C16H31N3O6S/c1-12(2)11-26(23,24)19-8-6-18(7-9-19)13(14(20)21)10-17-15(22)25-16(3,4)5/h12-13H,6-11H2,1-5H3,(H,17,22)(H,20,21)/t13-/m0/s1. The molecule has 0 aromatic heterocycles. The quantitative estimate of drug-likeness (QED) is 0.649. The van der Waals surface area contributed by atoms with Gasteiger partial charge in [-0.15, -0.1) is 0 Å². The Morgan fingerprint density at radius 1 is 1.15 bits per heavy atom. The predicted molar refractivity (Wildman–Crippen MR) is 97.4 cm³/mol. The number of hydrogen-bond donors (Lipinski definition) is 2. The molecule has 0 aromatic carbocycles. The maximum absolute atomic E-state index is 12.3. The average Bonchev–Trinajstić information content (AvgIpc) is 2.44. The smallest absolute Gasteiger partial charge is 0.407 e. The van der Waals surface area contributed by atoms with Gasteiger partial charge in [-0.1, -0.05) is 13.8 Å². The molecule has 26 heavy (non-hydrogen) atoms. The third-order valence-corrected chi connectivity index (χ3v) is 6.01. The van der Waals surface area contributed by atoms with E-state index in [2.05, 4.69) is 5.32 Å². The fourth-order valence-corrected chi connectivity index (χ4v) is 4.46. The van der Waals surface area contributed by atoms with Crippen LogP contribution in [0, 0.1) is 5.92 Å². The highest BCUT2D eigenvalue weighted by molar-refractivity contribution is 7.89. The number of carbonyl (C=O) groups is 2. The molecule has 1 rings (SSSR count). The van der Waals surface area contributed by atoms with Gasteiger partial charge in [0.05, 0.1) is 5.75 Å². The summed E-state index contributed by atoms with van der Waals surface area (Å²) >= 11 is 0. The zero-order valence-electron chi connectivity index (χ0n) is 16.2. The van der Waals surface area contributed by atoms with Gasteiger partial charge < -0.3 is 15.2 Å². The molecular formula is C16H31N3O6S. The third-order valence-electron chi connectivity index (χ3n) is 3.78. The number of carboxylic acid groups (broad SMARTS) is 1. The summed E-state index contributed by atoms with van der Waals surface area (Å²) in [6.45, 7) is 9.82. The molecule has 0 bridgehead atoms. The minimum atomic E-state index is -3.33. The van der Waals surface area contributed by atoms with Crippen LogP contribution < -0.4 is 5.32 Å². The van der Waals surface area contributed by atoms with Crippen LogP contribution in [0.25, 0.3) is 0 Å². The van der Waals surface area contributed by atoms with Crippen molar-refractivity contribution in [3.05, 3.63) is 0 Å². The van der Waals surface area contributed by atoms with Crippen LogP contribution in [0.4, 0.5) is 4.79 Å². The van der Waals surface area contributed by atoms with Crippen molar-refractivity contribution in [2.45, 2.75) is 46.3 Å². The van der Waals surface area contributed by atoms with E-state index in [0.29, 0.717) is 13.1 Å². The molecule has 1 amide bonds. The van der Waals surface area contributed by atoms with Gasteiger partial charge >= 0.3 is 12.1 Å². The fourth-order valence-electron chi connectivity index (χ4n) is 2.69. The summed E-state index contributed by atoms with van der Waals surface area (Å²) in [7, 11) is -3.33. The van der Waals surface area contributed by atoms with Gasteiger partial charge in [-0.2, -0.15) is 4.31 Å². The number of piperazine rings is 1. The summed E-state index contributed by atoms with van der Waals surface area (Å²) in [4.78, 5) is 24.9. The minimum absolute atomic E-state index is 0.0304. The van der Waals surface area contributed by atoms with Gasteiger partial charge in [0, 0.05) is 32.7 Å². The number of carboxylic acids is 1. The lowest BCUT2D eigenvalue weighted by molar-refractivity contribution is -0.143. The lowest BCUT2D eigenvalue weighted by Gasteiger charge is -2.37. The van der Waals surface area contributed by atoms with E-state index >= 15 is 0 Å². The molecule has 1 fully saturated rings. The highest BCUT2D eigenvalue weighted by atomic mass is 32.2. The third kappa shape index (κ3) is 7.46. The van der Waals surface area contributed by atoms with E-state index in [1.807, 2.05) is 13.8 Å². The first-order valence-electron chi connectivity index (χ1n) is 8.73. The SMILES string of the molecule is CC(C)CS(=O)(=O)N1CCN([C@@H](CNC(=O)OC(C)(C)C)C(=O)O)CC1. The molecule has 0 aliphatic carbocycles. The van der Waals surface area contributed by atoms with Crippen LogP contribution >= 0.6 is 0 Å². The second kappa shape index (κ2) is 9.01. The molecule has 1 aliphatic heterocycles. The normalized spacial score (nSPS) is 18.5. The average molecular weight is 394 g/mol. The topological polar surface area (TPSA) is 116 Å². The zero-order chi connectivity index (χ0) is 20.1. The molecule has 0 spiro atoms. The molecule has 10 heteroatoms. The Labute approximate surface area is 155 Å². The summed E-state index contributed by atoms with van der Waals surface area (Å²) in [6, 6.07) is -0.933. The Morgan fingerprint density at radius 2 is 1.69 bits per heavy atom. The van der Waals surface area contributed by atoms with E-state index in [1.165, 1.54) is 4.31 Å². The van der Waals surface area contributed by atoms with Crippen LogP contribution in [-0.4, -0.2) is 84.9 Å². The number of alkyl carbamates (subject to hydrolysis) is 1. The van der Waals surface area contributed by atoms with Crippen LogP contribution in [0.15, 0.2) is 0 Å². The van der Waals surface area contributed by atoms with Crippen LogP contribution in [0.2, 0.25) is 0 Å². The van der Waals surface area contributed by atoms with Crippen molar-refractivity contribution in [3.8, 4) is 0 Å². The van der Waals surface area contributed by atoms with Crippen molar-refractivity contribution in [1.82, 2.24) is 14.5 Å². The van der Waals surface area contributed by atoms with Crippen molar-refractivity contribution in [2.75, 3.05) is 38.5 Å². The van der Waals surface area contributed by atoms with Gasteiger partial charge in [0.25, 0.3) is 0 Å². The fraction of sp³-hybridized carbons (Fsp3) is 0.875. The maximum Gasteiger partial charge on any atom is 0.407 e. The second-order valence-electron chi connectivity index (χ2n) is 7.84. The minimum Gasteiger partial charge on any atom is -0.480 e. The molecule has 2 N–H and O–H groups in total. The summed E-state index contributed by atoms with van der Waals surface area (Å²) in [5.41, 5.74) is -0.667. The number of aliphatic carboxylic acids is 1. The predicted octanol–water partition coefficient (Wildman–Crippen LogP) is 0.568. The van der Waals surface area contributed by atoms with E-state index in [0.717, 1.165) is 0 Å². The van der Waals surface area contributed by atoms with Crippen molar-refractivity contribution >= 4 is 22.1 Å². The largest absolute Gasteiger partial charge is 0.480 e. The number of amides is 1. The van der Waals surface area contributed by atoms with Crippen molar-refractivity contribution in [2.24, 2.45) is 5.92 Å². The molecular weight excluding hydrogens is 362 g/mol. The molecule has 1 atom stereocenters. The Hall–Kier alpha value is -1.39. The first-order valence-corrected chi connectivity index (χ1v) is 10.3. The molecule has 0 radical (unpaired) electrons. The molecule has 1 saturated heterocycles. The lowest BCUT2D eigenvalue weighted by Crippen LogP contribution is -2.57.